The minimum atomic E-state index is -0.175. The standard InChI is InChI=1S/C18H29N3O3/c1-14(2)7-8-17(22)21-10-15-6-5-9-20(15)11-16(12-21)24-13-18(23)19(3)4/h5-6,9,14,16H,7-8,10-13H2,1-4H3/t16-/m1/s1. The van der Waals surface area contributed by atoms with Crippen LogP contribution in [0.15, 0.2) is 18.3 Å². The van der Waals surface area contributed by atoms with Gasteiger partial charge in [-0.1, -0.05) is 13.8 Å². The second kappa shape index (κ2) is 8.33. The van der Waals surface area contributed by atoms with Gasteiger partial charge < -0.3 is 19.1 Å². The number of rotatable bonds is 6. The Morgan fingerprint density at radius 2 is 2.08 bits per heavy atom. The van der Waals surface area contributed by atoms with Crippen molar-refractivity contribution < 1.29 is 14.3 Å². The number of likely N-dealkylation sites (N-methyl/N-ethyl adjacent to an activating group) is 1. The maximum Gasteiger partial charge on any atom is 0.248 e. The number of hydrogen-bond donors (Lipinski definition) is 0. The largest absolute Gasteiger partial charge is 0.365 e. The van der Waals surface area contributed by atoms with Crippen molar-refractivity contribution in [2.45, 2.75) is 45.9 Å². The van der Waals surface area contributed by atoms with Crippen molar-refractivity contribution in [3.8, 4) is 0 Å². The maximum absolute atomic E-state index is 12.6. The van der Waals surface area contributed by atoms with Crippen molar-refractivity contribution >= 4 is 11.8 Å². The Morgan fingerprint density at radius 3 is 2.75 bits per heavy atom. The van der Waals surface area contributed by atoms with E-state index in [0.717, 1.165) is 12.1 Å². The predicted molar refractivity (Wildman–Crippen MR) is 92.4 cm³/mol. The summed E-state index contributed by atoms with van der Waals surface area (Å²) in [6.45, 7) is 6.09. The van der Waals surface area contributed by atoms with Crippen LogP contribution in [0.2, 0.25) is 0 Å². The molecular weight excluding hydrogens is 306 g/mol. The van der Waals surface area contributed by atoms with Crippen molar-refractivity contribution in [1.82, 2.24) is 14.4 Å². The molecule has 6 heteroatoms. The summed E-state index contributed by atoms with van der Waals surface area (Å²) in [7, 11) is 3.43. The first-order valence-corrected chi connectivity index (χ1v) is 8.60. The molecule has 6 nitrogen and oxygen atoms in total. The van der Waals surface area contributed by atoms with Crippen molar-refractivity contribution in [3.05, 3.63) is 24.0 Å². The summed E-state index contributed by atoms with van der Waals surface area (Å²) in [5.74, 6) is 0.602. The van der Waals surface area contributed by atoms with Crippen molar-refractivity contribution in [1.29, 1.82) is 0 Å². The van der Waals surface area contributed by atoms with E-state index in [1.807, 2.05) is 23.2 Å². The van der Waals surface area contributed by atoms with Crippen molar-refractivity contribution in [3.63, 3.8) is 0 Å². The Bertz CT molecular complexity index is 566. The molecule has 0 saturated carbocycles. The summed E-state index contributed by atoms with van der Waals surface area (Å²) >= 11 is 0. The number of carbonyl (C=O) groups is 2. The molecule has 0 aromatic carbocycles. The monoisotopic (exact) mass is 335 g/mol. The lowest BCUT2D eigenvalue weighted by atomic mass is 10.1. The van der Waals surface area contributed by atoms with Crippen LogP contribution in [-0.4, -0.2) is 59.5 Å². The third-order valence-corrected chi connectivity index (χ3v) is 4.33. The second-order valence-electron chi connectivity index (χ2n) is 7.08. The van der Waals surface area contributed by atoms with Gasteiger partial charge in [0, 0.05) is 39.0 Å². The first kappa shape index (κ1) is 18.5. The van der Waals surface area contributed by atoms with Crippen LogP contribution in [0.1, 0.15) is 32.4 Å². The van der Waals surface area contributed by atoms with Gasteiger partial charge in [0.1, 0.15) is 6.61 Å². The van der Waals surface area contributed by atoms with E-state index in [4.69, 9.17) is 4.74 Å². The van der Waals surface area contributed by atoms with Crippen LogP contribution in [0.5, 0.6) is 0 Å². The molecule has 0 saturated heterocycles. The van der Waals surface area contributed by atoms with Gasteiger partial charge in [-0.25, -0.2) is 0 Å². The zero-order valence-electron chi connectivity index (χ0n) is 15.2. The number of fused-ring (bicyclic) bond motifs is 1. The van der Waals surface area contributed by atoms with Crippen LogP contribution < -0.4 is 0 Å². The van der Waals surface area contributed by atoms with Gasteiger partial charge in [0.25, 0.3) is 0 Å². The van der Waals surface area contributed by atoms with Gasteiger partial charge in [-0.05, 0) is 24.5 Å². The summed E-state index contributed by atoms with van der Waals surface area (Å²) in [6, 6.07) is 4.02. The summed E-state index contributed by atoms with van der Waals surface area (Å²) < 4.78 is 7.92. The molecule has 0 N–H and O–H groups in total. The van der Waals surface area contributed by atoms with E-state index in [1.165, 1.54) is 4.90 Å². The van der Waals surface area contributed by atoms with E-state index < -0.39 is 0 Å². The Morgan fingerprint density at radius 1 is 1.33 bits per heavy atom. The molecule has 0 unspecified atom stereocenters. The zero-order valence-corrected chi connectivity index (χ0v) is 15.2. The third-order valence-electron chi connectivity index (χ3n) is 4.33. The number of aromatic nitrogens is 1. The normalized spacial score (nSPS) is 17.5. The minimum Gasteiger partial charge on any atom is -0.365 e. The molecule has 0 aliphatic carbocycles. The smallest absolute Gasteiger partial charge is 0.248 e. The van der Waals surface area contributed by atoms with E-state index in [-0.39, 0.29) is 24.5 Å². The van der Waals surface area contributed by atoms with Gasteiger partial charge in [-0.3, -0.25) is 9.59 Å². The number of carbonyl (C=O) groups excluding carboxylic acids is 2. The lowest BCUT2D eigenvalue weighted by Crippen LogP contribution is -2.39. The lowest BCUT2D eigenvalue weighted by Gasteiger charge is -2.25. The van der Waals surface area contributed by atoms with Crippen LogP contribution in [0.25, 0.3) is 0 Å². The Labute approximate surface area is 144 Å². The molecule has 2 rings (SSSR count). The molecule has 0 spiro atoms. The quantitative estimate of drug-likeness (QED) is 0.796. The molecule has 0 radical (unpaired) electrons. The van der Waals surface area contributed by atoms with Gasteiger partial charge in [0.05, 0.1) is 19.2 Å². The molecule has 0 fully saturated rings. The molecule has 0 bridgehead atoms. The highest BCUT2D eigenvalue weighted by molar-refractivity contribution is 5.77. The molecule has 134 valence electrons. The molecule has 1 aromatic rings. The van der Waals surface area contributed by atoms with Crippen LogP contribution in [0.4, 0.5) is 0 Å². The maximum atomic E-state index is 12.6. The van der Waals surface area contributed by atoms with Crippen LogP contribution in [0, 0.1) is 5.92 Å². The summed E-state index contributed by atoms with van der Waals surface area (Å²) in [6.07, 6.45) is 3.27. The molecule has 1 aromatic heterocycles. The van der Waals surface area contributed by atoms with E-state index >= 15 is 0 Å². The highest BCUT2D eigenvalue weighted by Crippen LogP contribution is 2.17. The van der Waals surface area contributed by atoms with Gasteiger partial charge in [0.15, 0.2) is 0 Å². The van der Waals surface area contributed by atoms with E-state index in [0.29, 0.717) is 32.0 Å². The van der Waals surface area contributed by atoms with Crippen LogP contribution >= 0.6 is 0 Å². The average molecular weight is 335 g/mol. The van der Waals surface area contributed by atoms with E-state index in [1.54, 1.807) is 14.1 Å². The SMILES string of the molecule is CC(C)CCC(=O)N1Cc2cccn2C[C@@H](OCC(=O)N(C)C)C1. The zero-order chi connectivity index (χ0) is 17.7. The van der Waals surface area contributed by atoms with Crippen LogP contribution in [-0.2, 0) is 27.4 Å². The van der Waals surface area contributed by atoms with Gasteiger partial charge in [-0.15, -0.1) is 0 Å². The first-order valence-electron chi connectivity index (χ1n) is 8.60. The topological polar surface area (TPSA) is 54.8 Å². The summed E-state index contributed by atoms with van der Waals surface area (Å²) in [5.41, 5.74) is 1.11. The lowest BCUT2D eigenvalue weighted by molar-refractivity contribution is -0.138. The minimum absolute atomic E-state index is 0.0439. The fourth-order valence-corrected chi connectivity index (χ4v) is 2.74. The van der Waals surface area contributed by atoms with Crippen molar-refractivity contribution in [2.24, 2.45) is 5.92 Å². The highest BCUT2D eigenvalue weighted by Gasteiger charge is 2.25. The van der Waals surface area contributed by atoms with E-state index in [9.17, 15) is 9.59 Å². The van der Waals surface area contributed by atoms with Gasteiger partial charge in [-0.2, -0.15) is 0 Å². The van der Waals surface area contributed by atoms with Gasteiger partial charge >= 0.3 is 0 Å². The summed E-state index contributed by atoms with van der Waals surface area (Å²) in [4.78, 5) is 27.7. The second-order valence-corrected chi connectivity index (χ2v) is 7.08. The first-order chi connectivity index (χ1) is 11.4. The molecular formula is C18H29N3O3. The Balaban J connectivity index is 2.03. The molecule has 1 atom stereocenters. The molecule has 1 aliphatic heterocycles. The number of hydrogen-bond acceptors (Lipinski definition) is 3. The van der Waals surface area contributed by atoms with Crippen molar-refractivity contribution in [2.75, 3.05) is 27.2 Å². The third kappa shape index (κ3) is 5.09. The van der Waals surface area contributed by atoms with E-state index in [2.05, 4.69) is 18.4 Å². The van der Waals surface area contributed by atoms with Crippen LogP contribution in [0.3, 0.4) is 0 Å². The Kier molecular flexibility index (Phi) is 6.43. The summed E-state index contributed by atoms with van der Waals surface area (Å²) in [5, 5.41) is 0. The molecule has 1 aliphatic rings. The highest BCUT2D eigenvalue weighted by atomic mass is 16.5. The average Bonchev–Trinajstić information content (AvgIpc) is 2.88. The number of ether oxygens (including phenoxy) is 1. The Hall–Kier alpha value is -1.82. The molecule has 2 heterocycles. The number of amides is 2. The molecule has 24 heavy (non-hydrogen) atoms. The van der Waals surface area contributed by atoms with Gasteiger partial charge in [0.2, 0.25) is 11.8 Å². The fraction of sp³-hybridized carbons (Fsp3) is 0.667. The predicted octanol–water partition coefficient (Wildman–Crippen LogP) is 1.74. The molecule has 2 amide bonds. The number of nitrogens with zero attached hydrogens (tertiary/aromatic N) is 3. The fourth-order valence-electron chi connectivity index (χ4n) is 2.74.